The van der Waals surface area contributed by atoms with Gasteiger partial charge in [-0.2, -0.15) is 0 Å². The quantitative estimate of drug-likeness (QED) is 0.253. The van der Waals surface area contributed by atoms with Gasteiger partial charge in [0.05, 0.1) is 12.6 Å². The first-order chi connectivity index (χ1) is 14.8. The van der Waals surface area contributed by atoms with Crippen LogP contribution in [-0.4, -0.2) is 68.1 Å². The largest absolute Gasteiger partial charge is 0.506 e. The molecule has 5 N–H and O–H groups in total. The molecule has 0 saturated carbocycles. The van der Waals surface area contributed by atoms with Crippen LogP contribution in [0, 0.1) is 0 Å². The van der Waals surface area contributed by atoms with Crippen LogP contribution < -0.4 is 20.7 Å². The summed E-state index contributed by atoms with van der Waals surface area (Å²) in [5.74, 6) is 0.119. The van der Waals surface area contributed by atoms with Gasteiger partial charge < -0.3 is 35.8 Å². The van der Waals surface area contributed by atoms with Crippen LogP contribution in [0.2, 0.25) is 0 Å². The zero-order chi connectivity index (χ0) is 22.8. The highest BCUT2D eigenvalue weighted by Crippen LogP contribution is 2.39. The lowest BCUT2D eigenvalue weighted by molar-refractivity contribution is -0.116. The van der Waals surface area contributed by atoms with Gasteiger partial charge in [-0.25, -0.2) is 0 Å². The number of benzene rings is 2. The van der Waals surface area contributed by atoms with Crippen molar-refractivity contribution in [3.8, 4) is 11.5 Å². The minimum absolute atomic E-state index is 0.0370. The highest BCUT2D eigenvalue weighted by molar-refractivity contribution is 5.92. The molecule has 2 aromatic carbocycles. The highest BCUT2D eigenvalue weighted by atomic mass is 16.5. The van der Waals surface area contributed by atoms with Crippen molar-refractivity contribution in [3.63, 3.8) is 0 Å². The number of carbonyl (C=O) groups excluding carboxylic acids is 2. The molecule has 31 heavy (non-hydrogen) atoms. The summed E-state index contributed by atoms with van der Waals surface area (Å²) in [6.45, 7) is 0.853. The van der Waals surface area contributed by atoms with Gasteiger partial charge in [0, 0.05) is 31.4 Å². The van der Waals surface area contributed by atoms with Gasteiger partial charge in [0.1, 0.15) is 18.0 Å². The first kappa shape index (κ1) is 24.1. The number of hydrogen-bond acceptors (Lipinski definition) is 8. The molecule has 2 rings (SSSR count). The summed E-state index contributed by atoms with van der Waals surface area (Å²) in [5.41, 5.74) is 2.47. The number of nitrogens with one attached hydrogen (secondary N) is 3. The van der Waals surface area contributed by atoms with Crippen molar-refractivity contribution in [1.29, 1.82) is 0 Å². The third-order valence-electron chi connectivity index (χ3n) is 4.44. The van der Waals surface area contributed by atoms with Crippen molar-refractivity contribution < 1.29 is 24.5 Å². The molecule has 9 nitrogen and oxygen atoms in total. The molecule has 0 fully saturated rings. The molecule has 1 atom stereocenters. The molecular formula is C22H30N4O5. The molecule has 1 unspecified atom stereocenters. The minimum Gasteiger partial charge on any atom is -0.506 e. The van der Waals surface area contributed by atoms with Crippen LogP contribution in [0.5, 0.6) is 11.5 Å². The molecule has 0 aromatic heterocycles. The molecule has 2 aromatic rings. The second-order valence-corrected chi connectivity index (χ2v) is 7.24. The molecule has 168 valence electrons. The maximum Gasteiger partial charge on any atom is 0.238 e. The predicted octanol–water partition coefficient (Wildman–Crippen LogP) is 1.33. The summed E-state index contributed by atoms with van der Waals surface area (Å²) in [6.07, 6.45) is -0.316. The van der Waals surface area contributed by atoms with Gasteiger partial charge in [0.15, 0.2) is 12.0 Å². The van der Waals surface area contributed by atoms with Crippen LogP contribution in [0.25, 0.3) is 0 Å². The fourth-order valence-electron chi connectivity index (χ4n) is 3.02. The first-order valence-electron chi connectivity index (χ1n) is 9.88. The summed E-state index contributed by atoms with van der Waals surface area (Å²) in [7, 11) is 5.28. The van der Waals surface area contributed by atoms with E-state index in [4.69, 9.17) is 4.74 Å². The van der Waals surface area contributed by atoms with Crippen LogP contribution >= 0.6 is 0 Å². The van der Waals surface area contributed by atoms with Gasteiger partial charge in [0.25, 0.3) is 0 Å². The average Bonchev–Trinajstić information content (AvgIpc) is 2.72. The number of carbonyl (C=O) groups is 2. The molecule has 0 aliphatic carbocycles. The van der Waals surface area contributed by atoms with Crippen LogP contribution in [0.15, 0.2) is 36.4 Å². The van der Waals surface area contributed by atoms with Gasteiger partial charge in [-0.15, -0.1) is 0 Å². The van der Waals surface area contributed by atoms with Crippen molar-refractivity contribution in [2.75, 3.05) is 51.5 Å². The Hall–Kier alpha value is -3.14. The summed E-state index contributed by atoms with van der Waals surface area (Å²) in [5, 5.41) is 29.4. The van der Waals surface area contributed by atoms with E-state index >= 15 is 0 Å². The number of likely N-dealkylation sites (N-methyl/N-ethyl adjacent to an activating group) is 1. The van der Waals surface area contributed by atoms with E-state index < -0.39 is 6.10 Å². The maximum absolute atomic E-state index is 11.8. The van der Waals surface area contributed by atoms with Gasteiger partial charge in [0.2, 0.25) is 5.91 Å². The van der Waals surface area contributed by atoms with E-state index in [0.29, 0.717) is 30.6 Å². The predicted molar refractivity (Wildman–Crippen MR) is 120 cm³/mol. The topological polar surface area (TPSA) is 123 Å². The van der Waals surface area contributed by atoms with Crippen molar-refractivity contribution >= 4 is 23.6 Å². The van der Waals surface area contributed by atoms with E-state index in [1.807, 2.05) is 38.4 Å². The Kier molecular flexibility index (Phi) is 9.26. The number of phenols is 1. The van der Waals surface area contributed by atoms with E-state index in [1.165, 1.54) is 6.07 Å². The number of amides is 1. The first-order valence-corrected chi connectivity index (χ1v) is 9.88. The van der Waals surface area contributed by atoms with Gasteiger partial charge >= 0.3 is 0 Å². The number of nitrogens with zero attached hydrogens (tertiary/aromatic N) is 1. The SMILES string of the molecule is CNc1c(O)ccc(C(O)CNCc2ccc(NC(=O)CN(C)C)cc2)c1OCC=O. The molecule has 0 spiro atoms. The summed E-state index contributed by atoms with van der Waals surface area (Å²) >= 11 is 0. The fraction of sp³-hybridized carbons (Fsp3) is 0.364. The van der Waals surface area contributed by atoms with Crippen molar-refractivity contribution in [2.45, 2.75) is 12.6 Å². The molecular weight excluding hydrogens is 400 g/mol. The lowest BCUT2D eigenvalue weighted by atomic mass is 10.1. The van der Waals surface area contributed by atoms with Crippen LogP contribution in [-0.2, 0) is 16.1 Å². The normalized spacial score (nSPS) is 11.8. The van der Waals surface area contributed by atoms with E-state index in [2.05, 4.69) is 16.0 Å². The second kappa shape index (κ2) is 11.9. The van der Waals surface area contributed by atoms with Crippen molar-refractivity contribution in [2.24, 2.45) is 0 Å². The average molecular weight is 431 g/mol. The zero-order valence-corrected chi connectivity index (χ0v) is 18.0. The number of aliphatic hydroxyl groups excluding tert-OH is 1. The van der Waals surface area contributed by atoms with Gasteiger partial charge in [-0.05, 0) is 43.9 Å². The third-order valence-corrected chi connectivity index (χ3v) is 4.44. The van der Waals surface area contributed by atoms with Crippen LogP contribution in [0.4, 0.5) is 11.4 Å². The van der Waals surface area contributed by atoms with E-state index in [0.717, 1.165) is 11.3 Å². The number of aromatic hydroxyl groups is 1. The Bertz CT molecular complexity index is 871. The smallest absolute Gasteiger partial charge is 0.238 e. The second-order valence-electron chi connectivity index (χ2n) is 7.24. The number of rotatable bonds is 12. The molecule has 0 heterocycles. The Balaban J connectivity index is 1.95. The third kappa shape index (κ3) is 7.25. The van der Waals surface area contributed by atoms with E-state index in [1.54, 1.807) is 18.0 Å². The molecule has 0 aliphatic heterocycles. The lowest BCUT2D eigenvalue weighted by Gasteiger charge is -2.19. The summed E-state index contributed by atoms with van der Waals surface area (Å²) in [4.78, 5) is 24.3. The van der Waals surface area contributed by atoms with Crippen LogP contribution in [0.3, 0.4) is 0 Å². The number of anilines is 2. The molecule has 1 amide bonds. The minimum atomic E-state index is -0.918. The zero-order valence-electron chi connectivity index (χ0n) is 18.0. The number of hydrogen-bond donors (Lipinski definition) is 5. The molecule has 9 heteroatoms. The summed E-state index contributed by atoms with van der Waals surface area (Å²) in [6, 6.07) is 10.5. The molecule has 0 aliphatic rings. The Morgan fingerprint density at radius 2 is 1.90 bits per heavy atom. The Morgan fingerprint density at radius 1 is 1.19 bits per heavy atom. The van der Waals surface area contributed by atoms with Gasteiger partial charge in [-0.1, -0.05) is 12.1 Å². The van der Waals surface area contributed by atoms with Crippen molar-refractivity contribution in [1.82, 2.24) is 10.2 Å². The lowest BCUT2D eigenvalue weighted by Crippen LogP contribution is -2.27. The number of phenolic OH excluding ortho intramolecular Hbond substituents is 1. The number of ether oxygens (including phenoxy) is 1. The number of aliphatic hydroxyl groups is 1. The molecule has 0 radical (unpaired) electrons. The highest BCUT2D eigenvalue weighted by Gasteiger charge is 2.19. The van der Waals surface area contributed by atoms with Gasteiger partial charge in [-0.3, -0.25) is 9.59 Å². The standard InChI is InChI=1S/C22H30N4O5/c1-23-21-18(28)9-8-17(22(21)31-11-10-27)19(29)13-24-12-15-4-6-16(7-5-15)25-20(30)14-26(2)3/h4-10,19,23-24,28-29H,11-14H2,1-3H3,(H,25,30). The van der Waals surface area contributed by atoms with E-state index in [-0.39, 0.29) is 30.6 Å². The monoisotopic (exact) mass is 430 g/mol. The molecule has 0 bridgehead atoms. The fourth-order valence-corrected chi connectivity index (χ4v) is 3.02. The van der Waals surface area contributed by atoms with Crippen molar-refractivity contribution in [3.05, 3.63) is 47.5 Å². The summed E-state index contributed by atoms with van der Waals surface area (Å²) < 4.78 is 5.43. The Morgan fingerprint density at radius 3 is 2.52 bits per heavy atom. The Labute approximate surface area is 182 Å². The maximum atomic E-state index is 11.8. The number of aldehydes is 1. The van der Waals surface area contributed by atoms with Crippen LogP contribution in [0.1, 0.15) is 17.2 Å². The van der Waals surface area contributed by atoms with E-state index in [9.17, 15) is 19.8 Å². The molecule has 0 saturated heterocycles.